The van der Waals surface area contributed by atoms with Gasteiger partial charge in [-0.25, -0.2) is 0 Å². The molecule has 2 aromatic carbocycles. The van der Waals surface area contributed by atoms with Crippen LogP contribution in [-0.4, -0.2) is 23.4 Å². The maximum absolute atomic E-state index is 13.2. The molecule has 0 radical (unpaired) electrons. The molecule has 1 aromatic heterocycles. The van der Waals surface area contributed by atoms with Crippen molar-refractivity contribution in [3.63, 3.8) is 0 Å². The molecule has 0 saturated heterocycles. The number of amides is 2. The molecular formula is C29H35N3O3. The summed E-state index contributed by atoms with van der Waals surface area (Å²) in [4.78, 5) is 30.4. The van der Waals surface area contributed by atoms with Crippen LogP contribution >= 0.6 is 0 Å². The van der Waals surface area contributed by atoms with Crippen molar-refractivity contribution in [3.8, 4) is 5.75 Å². The van der Waals surface area contributed by atoms with Gasteiger partial charge in [0.15, 0.2) is 0 Å². The molecule has 2 amide bonds. The van der Waals surface area contributed by atoms with Gasteiger partial charge >= 0.3 is 0 Å². The molecule has 3 atom stereocenters. The van der Waals surface area contributed by atoms with E-state index in [2.05, 4.69) is 29.5 Å². The van der Waals surface area contributed by atoms with Gasteiger partial charge in [-0.1, -0.05) is 68.8 Å². The highest BCUT2D eigenvalue weighted by molar-refractivity contribution is 5.91. The van der Waals surface area contributed by atoms with Crippen LogP contribution in [0.15, 0.2) is 79.1 Å². The molecule has 3 rings (SSSR count). The maximum atomic E-state index is 13.2. The first kappa shape index (κ1) is 25.9. The number of ether oxygens (including phenoxy) is 1. The van der Waals surface area contributed by atoms with E-state index < -0.39 is 12.0 Å². The second kappa shape index (κ2) is 13.3. The van der Waals surface area contributed by atoms with Gasteiger partial charge in [0.25, 0.3) is 0 Å². The molecule has 0 aliphatic heterocycles. The van der Waals surface area contributed by atoms with Crippen molar-refractivity contribution in [1.82, 2.24) is 15.6 Å². The first-order chi connectivity index (χ1) is 17.0. The zero-order valence-electron chi connectivity index (χ0n) is 20.7. The number of hydrogen-bond donors (Lipinski definition) is 2. The Kier molecular flexibility index (Phi) is 9.84. The normalized spacial score (nSPS) is 13.3. The van der Waals surface area contributed by atoms with E-state index in [1.54, 1.807) is 12.4 Å². The number of carbonyl (C=O) groups is 2. The van der Waals surface area contributed by atoms with E-state index in [0.29, 0.717) is 24.6 Å². The fourth-order valence-electron chi connectivity index (χ4n) is 3.83. The first-order valence-corrected chi connectivity index (χ1v) is 12.2. The van der Waals surface area contributed by atoms with Gasteiger partial charge in [0, 0.05) is 18.9 Å². The smallest absolute Gasteiger partial charge is 0.247 e. The van der Waals surface area contributed by atoms with Crippen LogP contribution in [0, 0.1) is 5.92 Å². The van der Waals surface area contributed by atoms with Crippen molar-refractivity contribution in [3.05, 3.63) is 95.8 Å². The predicted molar refractivity (Wildman–Crippen MR) is 138 cm³/mol. The van der Waals surface area contributed by atoms with Crippen molar-refractivity contribution in [2.75, 3.05) is 6.61 Å². The van der Waals surface area contributed by atoms with E-state index in [0.717, 1.165) is 29.7 Å². The molecule has 3 aromatic rings. The number of benzene rings is 2. The van der Waals surface area contributed by atoms with Crippen molar-refractivity contribution in [2.24, 2.45) is 5.92 Å². The van der Waals surface area contributed by atoms with Gasteiger partial charge in [-0.2, -0.15) is 0 Å². The van der Waals surface area contributed by atoms with E-state index in [1.165, 1.54) is 0 Å². The molecule has 0 aliphatic rings. The highest BCUT2D eigenvalue weighted by atomic mass is 16.5. The molecule has 2 N–H and O–H groups in total. The average Bonchev–Trinajstić information content (AvgIpc) is 2.90. The molecule has 35 heavy (non-hydrogen) atoms. The minimum atomic E-state index is -0.835. The second-order valence-corrected chi connectivity index (χ2v) is 8.93. The second-order valence-electron chi connectivity index (χ2n) is 8.93. The Labute approximate surface area is 208 Å². The fraction of sp³-hybridized carbons (Fsp3) is 0.345. The molecule has 0 saturated carbocycles. The fourth-order valence-corrected chi connectivity index (χ4v) is 3.83. The summed E-state index contributed by atoms with van der Waals surface area (Å²) in [5, 5.41) is 5.87. The predicted octanol–water partition coefficient (Wildman–Crippen LogP) is 5.17. The van der Waals surface area contributed by atoms with Gasteiger partial charge in [0.05, 0.1) is 12.5 Å². The van der Waals surface area contributed by atoms with Crippen molar-refractivity contribution < 1.29 is 14.3 Å². The van der Waals surface area contributed by atoms with Gasteiger partial charge in [0.1, 0.15) is 11.8 Å². The van der Waals surface area contributed by atoms with E-state index in [4.69, 9.17) is 4.74 Å². The van der Waals surface area contributed by atoms with Crippen LogP contribution in [0.1, 0.15) is 62.3 Å². The minimum Gasteiger partial charge on any atom is -0.493 e. The summed E-state index contributed by atoms with van der Waals surface area (Å²) in [7, 11) is 0. The molecule has 0 aliphatic carbocycles. The third-order valence-electron chi connectivity index (χ3n) is 5.96. The number of rotatable bonds is 12. The van der Waals surface area contributed by atoms with Crippen LogP contribution in [0.3, 0.4) is 0 Å². The SMILES string of the molecule is CCCC(C)COc1ccc([C@@H](NC(=O)[C@@H](C)c2ccccc2)C(=O)NCc2cccnc2)cc1. The van der Waals surface area contributed by atoms with Crippen LogP contribution in [0.2, 0.25) is 0 Å². The monoisotopic (exact) mass is 473 g/mol. The maximum Gasteiger partial charge on any atom is 0.247 e. The lowest BCUT2D eigenvalue weighted by Gasteiger charge is -2.22. The third-order valence-corrected chi connectivity index (χ3v) is 5.96. The minimum absolute atomic E-state index is 0.216. The lowest BCUT2D eigenvalue weighted by atomic mass is 9.98. The molecule has 0 fully saturated rings. The lowest BCUT2D eigenvalue weighted by molar-refractivity contribution is -0.129. The van der Waals surface area contributed by atoms with E-state index in [1.807, 2.05) is 73.7 Å². The summed E-state index contributed by atoms with van der Waals surface area (Å²) in [6.07, 6.45) is 5.63. The topological polar surface area (TPSA) is 80.3 Å². The zero-order valence-corrected chi connectivity index (χ0v) is 20.7. The number of carbonyl (C=O) groups excluding carboxylic acids is 2. The van der Waals surface area contributed by atoms with Gasteiger partial charge in [-0.05, 0) is 54.2 Å². The highest BCUT2D eigenvalue weighted by Crippen LogP contribution is 2.22. The molecular weight excluding hydrogens is 438 g/mol. The van der Waals surface area contributed by atoms with Crippen molar-refractivity contribution in [2.45, 2.75) is 52.1 Å². The molecule has 6 heteroatoms. The standard InChI is InChI=1S/C29H35N3O3/c1-4-9-21(2)20-35-26-15-13-25(14-16-26)27(29(34)31-19-23-10-8-17-30-18-23)32-28(33)22(3)24-11-6-5-7-12-24/h5-8,10-18,21-22,27H,4,9,19-20H2,1-3H3,(H,31,34)(H,32,33)/t21?,22-,27+/m0/s1. The Bertz CT molecular complexity index is 1060. The molecule has 184 valence electrons. The molecule has 0 bridgehead atoms. The summed E-state index contributed by atoms with van der Waals surface area (Å²) in [6.45, 7) is 7.14. The van der Waals surface area contributed by atoms with Gasteiger partial charge < -0.3 is 15.4 Å². The van der Waals surface area contributed by atoms with Crippen molar-refractivity contribution in [1.29, 1.82) is 0 Å². The third kappa shape index (κ3) is 7.95. The summed E-state index contributed by atoms with van der Waals surface area (Å²) < 4.78 is 5.90. The summed E-state index contributed by atoms with van der Waals surface area (Å²) in [6, 6.07) is 19.8. The molecule has 1 unspecified atom stereocenters. The Morgan fingerprint density at radius 3 is 2.31 bits per heavy atom. The first-order valence-electron chi connectivity index (χ1n) is 12.2. The number of aromatic nitrogens is 1. The number of hydrogen-bond acceptors (Lipinski definition) is 4. The van der Waals surface area contributed by atoms with Gasteiger partial charge in [-0.3, -0.25) is 14.6 Å². The van der Waals surface area contributed by atoms with E-state index in [9.17, 15) is 9.59 Å². The quantitative estimate of drug-likeness (QED) is 0.380. The Morgan fingerprint density at radius 2 is 1.66 bits per heavy atom. The van der Waals surface area contributed by atoms with Crippen LogP contribution in [0.25, 0.3) is 0 Å². The van der Waals surface area contributed by atoms with Crippen LogP contribution < -0.4 is 15.4 Å². The molecule has 1 heterocycles. The number of nitrogens with zero attached hydrogens (tertiary/aromatic N) is 1. The van der Waals surface area contributed by atoms with Gasteiger partial charge in [-0.15, -0.1) is 0 Å². The van der Waals surface area contributed by atoms with Crippen LogP contribution in [0.5, 0.6) is 5.75 Å². The van der Waals surface area contributed by atoms with Crippen LogP contribution in [-0.2, 0) is 16.1 Å². The Morgan fingerprint density at radius 1 is 0.914 bits per heavy atom. The average molecular weight is 474 g/mol. The Balaban J connectivity index is 1.73. The van der Waals surface area contributed by atoms with E-state index in [-0.39, 0.29) is 11.8 Å². The number of pyridine rings is 1. The van der Waals surface area contributed by atoms with Crippen LogP contribution in [0.4, 0.5) is 0 Å². The van der Waals surface area contributed by atoms with Gasteiger partial charge in [0.2, 0.25) is 11.8 Å². The van der Waals surface area contributed by atoms with E-state index >= 15 is 0 Å². The summed E-state index contributed by atoms with van der Waals surface area (Å²) in [5.74, 6) is 0.325. The lowest BCUT2D eigenvalue weighted by Crippen LogP contribution is -2.41. The summed E-state index contributed by atoms with van der Waals surface area (Å²) >= 11 is 0. The largest absolute Gasteiger partial charge is 0.493 e. The zero-order chi connectivity index (χ0) is 25.0. The van der Waals surface area contributed by atoms with Crippen molar-refractivity contribution >= 4 is 11.8 Å². The highest BCUT2D eigenvalue weighted by Gasteiger charge is 2.26. The number of nitrogens with one attached hydrogen (secondary N) is 2. The Hall–Kier alpha value is -3.67. The molecule has 0 spiro atoms. The molecule has 6 nitrogen and oxygen atoms in total. The summed E-state index contributed by atoms with van der Waals surface area (Å²) in [5.41, 5.74) is 2.47.